The molecule has 0 aliphatic rings. The van der Waals surface area contributed by atoms with Crippen LogP contribution in [0.1, 0.15) is 20.3 Å². The van der Waals surface area contributed by atoms with Crippen molar-refractivity contribution in [1.29, 1.82) is 0 Å². The van der Waals surface area contributed by atoms with Gasteiger partial charge in [0.2, 0.25) is 0 Å². The molecule has 96 valence electrons. The van der Waals surface area contributed by atoms with Crippen LogP contribution in [-0.2, 0) is 22.8 Å². The summed E-state index contributed by atoms with van der Waals surface area (Å²) >= 11 is 0. The van der Waals surface area contributed by atoms with Gasteiger partial charge in [0.15, 0.2) is 6.23 Å². The molecule has 0 amide bonds. The number of carbonyl (C=O) groups is 1. The molecule has 0 aliphatic heterocycles. The lowest BCUT2D eigenvalue weighted by molar-refractivity contribution is -0.137. The molecular formula is C10H22O5Si. The Kier molecular flexibility index (Phi) is 12.0. The fourth-order valence-electron chi connectivity index (χ4n) is 0.645. The number of esters is 1. The van der Waals surface area contributed by atoms with E-state index in [1.807, 2.05) is 0 Å². The summed E-state index contributed by atoms with van der Waals surface area (Å²) in [5, 5.41) is 0. The van der Waals surface area contributed by atoms with E-state index in [-0.39, 0.29) is 6.23 Å². The largest absolute Gasteiger partial charge is 0.539 e. The van der Waals surface area contributed by atoms with Gasteiger partial charge >= 0.3 is 14.8 Å². The summed E-state index contributed by atoms with van der Waals surface area (Å²) in [6, 6.07) is 0. The molecule has 0 heterocycles. The van der Waals surface area contributed by atoms with E-state index in [1.165, 1.54) is 27.8 Å². The summed E-state index contributed by atoms with van der Waals surface area (Å²) in [7, 11) is 1.55. The Morgan fingerprint density at radius 1 is 1.19 bits per heavy atom. The molecule has 5 nitrogen and oxygen atoms in total. The second kappa shape index (κ2) is 10.8. The van der Waals surface area contributed by atoms with E-state index in [4.69, 9.17) is 18.0 Å². The van der Waals surface area contributed by atoms with Gasteiger partial charge in [-0.1, -0.05) is 26.8 Å². The van der Waals surface area contributed by atoms with E-state index in [1.54, 1.807) is 0 Å². The van der Waals surface area contributed by atoms with Gasteiger partial charge in [-0.25, -0.2) is 4.79 Å². The lowest BCUT2D eigenvalue weighted by Gasteiger charge is -2.23. The van der Waals surface area contributed by atoms with Crippen molar-refractivity contribution in [3.63, 3.8) is 0 Å². The number of ether oxygens (including phenoxy) is 1. The number of hydrogen-bond acceptors (Lipinski definition) is 5. The monoisotopic (exact) mass is 250 g/mol. The van der Waals surface area contributed by atoms with Crippen molar-refractivity contribution in [2.75, 3.05) is 27.6 Å². The van der Waals surface area contributed by atoms with Gasteiger partial charge in [0, 0.05) is 27.4 Å². The van der Waals surface area contributed by atoms with E-state index in [0.29, 0.717) is 0 Å². The van der Waals surface area contributed by atoms with Crippen LogP contribution in [0.3, 0.4) is 0 Å². The molecule has 0 saturated carbocycles. The zero-order valence-corrected chi connectivity index (χ0v) is 11.7. The Bertz CT molecular complexity index is 183. The topological polar surface area (TPSA) is 54.0 Å². The van der Waals surface area contributed by atoms with E-state index < -0.39 is 14.8 Å². The average molecular weight is 250 g/mol. The predicted octanol–water partition coefficient (Wildman–Crippen LogP) is 1.55. The molecule has 0 fully saturated rings. The van der Waals surface area contributed by atoms with Crippen molar-refractivity contribution >= 4 is 14.8 Å². The van der Waals surface area contributed by atoms with Gasteiger partial charge in [0.25, 0.3) is 0 Å². The van der Waals surface area contributed by atoms with E-state index in [2.05, 4.69) is 20.4 Å². The normalized spacial score (nSPS) is 10.1. The van der Waals surface area contributed by atoms with Crippen LogP contribution in [0, 0.1) is 0 Å². The Morgan fingerprint density at radius 3 is 1.81 bits per heavy atom. The summed E-state index contributed by atoms with van der Waals surface area (Å²) in [5.41, 5.74) is 0. The molecule has 0 atom stereocenters. The lowest BCUT2D eigenvalue weighted by atomic mass is 10.6. The first-order valence-corrected chi connectivity index (χ1v) is 6.93. The maximum absolute atomic E-state index is 10.7. The standard InChI is InChI=1S/C7H14O5Si.C3H8/c1-5-7(8)12-6-13(9-2,10-3)11-4;1-3-2/h5H,1,6H2,2-4H3;3H2,1-2H3. The Morgan fingerprint density at radius 2 is 1.56 bits per heavy atom. The molecule has 0 aromatic carbocycles. The first-order chi connectivity index (χ1) is 7.55. The minimum absolute atomic E-state index is 0.0125. The summed E-state index contributed by atoms with van der Waals surface area (Å²) in [6.07, 6.45) is 2.31. The van der Waals surface area contributed by atoms with Gasteiger partial charge < -0.3 is 18.0 Å². The molecule has 0 rings (SSSR count). The summed E-state index contributed by atoms with van der Waals surface area (Å²) < 4.78 is 19.8. The number of rotatable bonds is 6. The van der Waals surface area contributed by atoms with E-state index in [0.717, 1.165) is 6.08 Å². The highest BCUT2D eigenvalue weighted by Crippen LogP contribution is 2.06. The van der Waals surface area contributed by atoms with Crippen LogP contribution >= 0.6 is 0 Å². The highest BCUT2D eigenvalue weighted by Gasteiger charge is 2.39. The van der Waals surface area contributed by atoms with Crippen molar-refractivity contribution in [2.45, 2.75) is 20.3 Å². The minimum atomic E-state index is -2.79. The van der Waals surface area contributed by atoms with Crippen molar-refractivity contribution in [3.05, 3.63) is 12.7 Å². The predicted molar refractivity (Wildman–Crippen MR) is 63.9 cm³/mol. The third-order valence-electron chi connectivity index (χ3n) is 1.49. The maximum Gasteiger partial charge on any atom is 0.539 e. The quantitative estimate of drug-likeness (QED) is 0.407. The molecule has 0 unspecified atom stereocenters. The zero-order valence-electron chi connectivity index (χ0n) is 10.7. The van der Waals surface area contributed by atoms with Crippen LogP contribution in [-0.4, -0.2) is 42.3 Å². The Hall–Kier alpha value is -0.693. The minimum Gasteiger partial charge on any atom is -0.458 e. The Balaban J connectivity index is 0. The van der Waals surface area contributed by atoms with Gasteiger partial charge in [0.1, 0.15) is 0 Å². The van der Waals surface area contributed by atoms with Crippen LogP contribution in [0.15, 0.2) is 12.7 Å². The third kappa shape index (κ3) is 7.58. The first kappa shape index (κ1) is 17.7. The van der Waals surface area contributed by atoms with Crippen LogP contribution < -0.4 is 0 Å². The Labute approximate surface area is 98.7 Å². The summed E-state index contributed by atoms with van der Waals surface area (Å²) in [4.78, 5) is 10.7. The molecule has 0 aromatic heterocycles. The summed E-state index contributed by atoms with van der Waals surface area (Å²) in [5.74, 6) is -0.525. The highest BCUT2D eigenvalue weighted by atomic mass is 28.4. The average Bonchev–Trinajstić information content (AvgIpc) is 2.32. The molecule has 0 radical (unpaired) electrons. The molecule has 0 bridgehead atoms. The molecule has 0 aliphatic carbocycles. The number of carbonyl (C=O) groups excluding carboxylic acids is 1. The van der Waals surface area contributed by atoms with Gasteiger partial charge in [-0.3, -0.25) is 0 Å². The second-order valence-electron chi connectivity index (χ2n) is 2.81. The fraction of sp³-hybridized carbons (Fsp3) is 0.700. The van der Waals surface area contributed by atoms with Crippen LogP contribution in [0.25, 0.3) is 0 Å². The first-order valence-electron chi connectivity index (χ1n) is 5.00. The maximum atomic E-state index is 10.7. The molecule has 16 heavy (non-hydrogen) atoms. The smallest absolute Gasteiger partial charge is 0.458 e. The number of hydrogen-bond donors (Lipinski definition) is 0. The highest BCUT2D eigenvalue weighted by molar-refractivity contribution is 6.60. The second-order valence-corrected chi connectivity index (χ2v) is 5.69. The van der Waals surface area contributed by atoms with Crippen molar-refractivity contribution in [2.24, 2.45) is 0 Å². The molecule has 0 N–H and O–H groups in total. The van der Waals surface area contributed by atoms with E-state index in [9.17, 15) is 4.79 Å². The van der Waals surface area contributed by atoms with Crippen LogP contribution in [0.2, 0.25) is 0 Å². The molecular weight excluding hydrogens is 228 g/mol. The molecule has 6 heteroatoms. The van der Waals surface area contributed by atoms with Gasteiger partial charge in [-0.05, 0) is 0 Å². The van der Waals surface area contributed by atoms with Crippen molar-refractivity contribution < 1.29 is 22.8 Å². The third-order valence-corrected chi connectivity index (χ3v) is 3.85. The SMILES string of the molecule is C=CC(=O)OC[Si](OC)(OC)OC.CCC. The lowest BCUT2D eigenvalue weighted by Crippen LogP contribution is -2.48. The molecule has 0 saturated heterocycles. The van der Waals surface area contributed by atoms with Crippen molar-refractivity contribution in [3.8, 4) is 0 Å². The van der Waals surface area contributed by atoms with Gasteiger partial charge in [-0.2, -0.15) is 0 Å². The zero-order chi connectivity index (χ0) is 13.0. The van der Waals surface area contributed by atoms with E-state index >= 15 is 0 Å². The van der Waals surface area contributed by atoms with Gasteiger partial charge in [0.05, 0.1) is 0 Å². The summed E-state index contributed by atoms with van der Waals surface area (Å²) in [6.45, 7) is 7.51. The molecule has 0 spiro atoms. The van der Waals surface area contributed by atoms with Gasteiger partial charge in [-0.15, -0.1) is 0 Å². The van der Waals surface area contributed by atoms with Crippen LogP contribution in [0.4, 0.5) is 0 Å². The van der Waals surface area contributed by atoms with Crippen LogP contribution in [0.5, 0.6) is 0 Å². The molecule has 0 aromatic rings. The van der Waals surface area contributed by atoms with Crippen molar-refractivity contribution in [1.82, 2.24) is 0 Å². The fourth-order valence-corrected chi connectivity index (χ4v) is 1.82.